The van der Waals surface area contributed by atoms with E-state index in [9.17, 15) is 0 Å². The molecule has 16 bridgehead atoms. The summed E-state index contributed by atoms with van der Waals surface area (Å²) in [6.07, 6.45) is 41.4. The molecule has 18 rings (SSSR count). The molecule has 8 aliphatic carbocycles. The second kappa shape index (κ2) is 22.6. The number of rotatable bonds is 2. The van der Waals surface area contributed by atoms with Gasteiger partial charge in [-0.3, -0.25) is 89.9 Å². The summed E-state index contributed by atoms with van der Waals surface area (Å²) in [6.45, 7) is 0. The summed E-state index contributed by atoms with van der Waals surface area (Å²) in [5.41, 5.74) is 0. The summed E-state index contributed by atoms with van der Waals surface area (Å²) >= 11 is 0. The van der Waals surface area contributed by atoms with Crippen LogP contribution in [-0.2, 0) is 9.53 Å². The van der Waals surface area contributed by atoms with Crippen LogP contribution in [0, 0.1) is 101 Å². The summed E-state index contributed by atoms with van der Waals surface area (Å²) in [5.74, 6) is 8.42. The molecule has 10 saturated heterocycles. The molecule has 83 heavy (non-hydrogen) atoms. The Morgan fingerprint density at radius 3 is 0.663 bits per heavy atom. The van der Waals surface area contributed by atoms with Gasteiger partial charge < -0.3 is 4.74 Å². The zero-order valence-electron chi connectivity index (χ0n) is 50.2. The van der Waals surface area contributed by atoms with Gasteiger partial charge in [0.05, 0.1) is 105 Å². The van der Waals surface area contributed by atoms with Crippen LogP contribution in [0.2, 0.25) is 0 Å². The first-order valence-electron chi connectivity index (χ1n) is 36.4. The molecule has 8 saturated carbocycles. The Kier molecular flexibility index (Phi) is 14.9. The largest absolute Gasteiger partial charge is 0.462 e. The van der Waals surface area contributed by atoms with E-state index in [1.54, 1.807) is 0 Å². The SMILES string of the molecule is O=C(OC1CCCC2C3NC4NC(NC5NC(NC6NC(NC(N3)C12)C1CCCCC61)C1CCCCC51)C1CCCCC41)C1CCCC2C3NC4NC(NC5NC(NC6NC(NC(N3)C12)C1CCCCC61)C1CCCCC51)C1CCCCC41. The first-order valence-corrected chi connectivity index (χ1v) is 36.4. The van der Waals surface area contributed by atoms with E-state index in [-0.39, 0.29) is 91.5 Å². The minimum absolute atomic E-state index is 0.0104. The third kappa shape index (κ3) is 9.59. The van der Waals surface area contributed by atoms with Crippen molar-refractivity contribution < 1.29 is 9.53 Å². The molecule has 18 nitrogen and oxygen atoms in total. The molecule has 0 aromatic heterocycles. The van der Waals surface area contributed by atoms with E-state index in [1.165, 1.54) is 154 Å². The molecule has 0 spiro atoms. The molecular formula is C65H110N16O2. The van der Waals surface area contributed by atoms with Crippen LogP contribution >= 0.6 is 0 Å². The lowest BCUT2D eigenvalue weighted by Crippen LogP contribution is -2.62. The topological polar surface area (TPSA) is 219 Å². The highest BCUT2D eigenvalue weighted by atomic mass is 16.5. The maximum atomic E-state index is 15.9. The maximum Gasteiger partial charge on any atom is 0.309 e. The van der Waals surface area contributed by atoms with Crippen LogP contribution in [0.25, 0.3) is 0 Å². The monoisotopic (exact) mass is 1150 g/mol. The van der Waals surface area contributed by atoms with Crippen LogP contribution in [0.4, 0.5) is 0 Å². The van der Waals surface area contributed by atoms with E-state index >= 15 is 4.79 Å². The van der Waals surface area contributed by atoms with Crippen molar-refractivity contribution >= 4 is 5.97 Å². The maximum absolute atomic E-state index is 15.9. The molecule has 18 aliphatic rings. The predicted molar refractivity (Wildman–Crippen MR) is 318 cm³/mol. The Morgan fingerprint density at radius 1 is 0.205 bits per heavy atom. The number of hydrogen-bond donors (Lipinski definition) is 16. The minimum atomic E-state index is -0.152. The van der Waals surface area contributed by atoms with Gasteiger partial charge in [-0.15, -0.1) is 0 Å². The highest BCUT2D eigenvalue weighted by Crippen LogP contribution is 2.51. The lowest BCUT2D eigenvalue weighted by atomic mass is 9.71. The summed E-state index contributed by atoms with van der Waals surface area (Å²) in [6, 6.07) is 0. The van der Waals surface area contributed by atoms with Crippen molar-refractivity contribution in [1.82, 2.24) is 85.1 Å². The molecule has 34 atom stereocenters. The molecule has 0 radical (unpaired) electrons. The molecule has 0 aromatic carbocycles. The minimum Gasteiger partial charge on any atom is -0.462 e. The van der Waals surface area contributed by atoms with Gasteiger partial charge in [-0.05, 0) is 192 Å². The average Bonchev–Trinajstić information content (AvgIpc) is 4.25. The molecule has 16 N–H and O–H groups in total. The summed E-state index contributed by atoms with van der Waals surface area (Å²) in [5, 5.41) is 69.4. The van der Waals surface area contributed by atoms with Gasteiger partial charge in [-0.1, -0.05) is 83.5 Å². The van der Waals surface area contributed by atoms with E-state index in [0.717, 1.165) is 38.5 Å². The average molecular weight is 1150 g/mol. The van der Waals surface area contributed by atoms with Gasteiger partial charge >= 0.3 is 5.97 Å². The molecule has 462 valence electrons. The second-order valence-electron chi connectivity index (χ2n) is 31.9. The van der Waals surface area contributed by atoms with Crippen LogP contribution in [-0.4, -0.2) is 111 Å². The second-order valence-corrected chi connectivity index (χ2v) is 31.9. The summed E-state index contributed by atoms with van der Waals surface area (Å²) < 4.78 is 7.40. The molecule has 34 unspecified atom stereocenters. The zero-order valence-corrected chi connectivity index (χ0v) is 50.2. The molecule has 18 heteroatoms. The fraction of sp³-hybridized carbons (Fsp3) is 0.985. The standard InChI is InChI=1S/C65H110N16O2/c82-65(45-29-13-27-43-47(45)63-78-59-41-25-11-9-23-39(41)55(74-59)70-51-33-17-3-1-15-31(33)49(66-51)68-53-35-19-5-7-21-37(35)57(72-53)76-61(43)80-63)83-46-30-14-28-44-48(46)64-79-60-42-26-12-10-24-40(42)56(75-60)71-52-34-18-4-2-16-32(34)50(67-52)69-54-36-20-6-8-22-38(36)58(73-54)77-62(44)81-64/h31-64,66-81H,1-30H2. The number of ether oxygens (including phenoxy) is 1. The normalized spacial score (nSPS) is 57.9. The van der Waals surface area contributed by atoms with E-state index < -0.39 is 0 Å². The molecule has 10 heterocycles. The van der Waals surface area contributed by atoms with Crippen molar-refractivity contribution in [3.8, 4) is 0 Å². The Bertz CT molecular complexity index is 2320. The van der Waals surface area contributed by atoms with E-state index in [1.807, 2.05) is 0 Å². The fourth-order valence-electron chi connectivity index (χ4n) is 24.7. The number of nitrogens with one attached hydrogen (secondary N) is 16. The number of carbonyl (C=O) groups is 1. The van der Waals surface area contributed by atoms with Gasteiger partial charge in [0.1, 0.15) is 6.10 Å². The van der Waals surface area contributed by atoms with Gasteiger partial charge in [-0.25, -0.2) is 0 Å². The smallest absolute Gasteiger partial charge is 0.309 e. The van der Waals surface area contributed by atoms with Crippen LogP contribution in [0.15, 0.2) is 0 Å². The Morgan fingerprint density at radius 2 is 0.398 bits per heavy atom. The van der Waals surface area contributed by atoms with Crippen molar-refractivity contribution in [1.29, 1.82) is 0 Å². The van der Waals surface area contributed by atoms with Crippen LogP contribution < -0.4 is 85.1 Å². The first-order chi connectivity index (χ1) is 41.0. The van der Waals surface area contributed by atoms with E-state index in [0.29, 0.717) is 120 Å². The Balaban J connectivity index is 0.643. The first kappa shape index (κ1) is 54.7. The number of carbonyl (C=O) groups excluding carboxylic acids is 1. The highest BCUT2D eigenvalue weighted by Gasteiger charge is 2.60. The van der Waals surface area contributed by atoms with Gasteiger partial charge in [0.25, 0.3) is 0 Å². The van der Waals surface area contributed by atoms with Gasteiger partial charge in [-0.2, -0.15) is 0 Å². The summed E-state index contributed by atoms with van der Waals surface area (Å²) in [7, 11) is 0. The molecular weight excluding hydrogens is 1040 g/mol. The van der Waals surface area contributed by atoms with E-state index in [2.05, 4.69) is 85.1 Å². The molecule has 0 amide bonds. The van der Waals surface area contributed by atoms with Gasteiger partial charge in [0, 0.05) is 11.8 Å². The molecule has 0 aromatic rings. The van der Waals surface area contributed by atoms with Crippen molar-refractivity contribution in [3.63, 3.8) is 0 Å². The van der Waals surface area contributed by atoms with Gasteiger partial charge in [0.2, 0.25) is 0 Å². The van der Waals surface area contributed by atoms with Crippen LogP contribution in [0.5, 0.6) is 0 Å². The highest BCUT2D eigenvalue weighted by molar-refractivity contribution is 5.73. The third-order valence-electron chi connectivity index (χ3n) is 28.3. The van der Waals surface area contributed by atoms with Crippen molar-refractivity contribution in [2.45, 2.75) is 297 Å². The van der Waals surface area contributed by atoms with Crippen molar-refractivity contribution in [3.05, 3.63) is 0 Å². The lowest BCUT2D eigenvalue weighted by Gasteiger charge is -2.41. The van der Waals surface area contributed by atoms with E-state index in [4.69, 9.17) is 4.74 Å². The fourth-order valence-corrected chi connectivity index (χ4v) is 24.7. The number of hydrogen-bond acceptors (Lipinski definition) is 18. The van der Waals surface area contributed by atoms with Crippen LogP contribution in [0.3, 0.4) is 0 Å². The third-order valence-corrected chi connectivity index (χ3v) is 28.3. The Labute approximate surface area is 496 Å². The number of esters is 1. The summed E-state index contributed by atoms with van der Waals surface area (Å²) in [4.78, 5) is 15.9. The van der Waals surface area contributed by atoms with Crippen LogP contribution in [0.1, 0.15) is 193 Å². The molecule has 10 aliphatic heterocycles. The van der Waals surface area contributed by atoms with Crippen molar-refractivity contribution in [2.75, 3.05) is 0 Å². The Hall–Kier alpha value is -1.17. The zero-order chi connectivity index (χ0) is 54.4. The number of fused-ring (bicyclic) bond motifs is 40. The quantitative estimate of drug-likeness (QED) is 0.176. The van der Waals surface area contributed by atoms with Crippen molar-refractivity contribution in [2.24, 2.45) is 101 Å². The lowest BCUT2D eigenvalue weighted by molar-refractivity contribution is -0.165. The van der Waals surface area contributed by atoms with Gasteiger partial charge in [0.15, 0.2) is 0 Å². The predicted octanol–water partition coefficient (Wildman–Crippen LogP) is 3.97. The molecule has 18 fully saturated rings.